The van der Waals surface area contributed by atoms with Crippen LogP contribution in [0.5, 0.6) is 5.75 Å². The van der Waals surface area contributed by atoms with E-state index >= 15 is 0 Å². The summed E-state index contributed by atoms with van der Waals surface area (Å²) in [6, 6.07) is 0.416. The van der Waals surface area contributed by atoms with Crippen molar-refractivity contribution in [3.63, 3.8) is 0 Å². The van der Waals surface area contributed by atoms with Crippen molar-refractivity contribution in [2.24, 2.45) is 5.41 Å². The van der Waals surface area contributed by atoms with Gasteiger partial charge in [-0.05, 0) is 6.07 Å². The molecule has 0 aliphatic carbocycles. The molecular formula is C12H12F3NO3. The van der Waals surface area contributed by atoms with Crippen molar-refractivity contribution in [3.8, 4) is 5.75 Å². The number of halogens is 3. The lowest BCUT2D eigenvalue weighted by molar-refractivity contribution is -0.0978. The number of ether oxygens (including phenoxy) is 1. The van der Waals surface area contributed by atoms with Crippen LogP contribution in [-0.4, -0.2) is 30.8 Å². The molecule has 7 heteroatoms. The van der Waals surface area contributed by atoms with E-state index in [0.29, 0.717) is 19.3 Å². The van der Waals surface area contributed by atoms with Gasteiger partial charge in [0, 0.05) is 12.0 Å². The third-order valence-corrected chi connectivity index (χ3v) is 2.95. The molecule has 0 saturated carbocycles. The summed E-state index contributed by atoms with van der Waals surface area (Å²) < 4.78 is 44.3. The van der Waals surface area contributed by atoms with Gasteiger partial charge in [0.15, 0.2) is 17.4 Å². The zero-order valence-corrected chi connectivity index (χ0v) is 10.1. The second-order valence-corrected chi connectivity index (χ2v) is 4.87. The highest BCUT2D eigenvalue weighted by Gasteiger charge is 2.34. The molecule has 1 aromatic carbocycles. The Morgan fingerprint density at radius 1 is 1.42 bits per heavy atom. The van der Waals surface area contributed by atoms with Crippen LogP contribution < -0.4 is 5.32 Å². The number of amides is 1. The van der Waals surface area contributed by atoms with E-state index in [1.54, 1.807) is 0 Å². The summed E-state index contributed by atoms with van der Waals surface area (Å²) in [7, 11) is 0. The fraction of sp³-hybridized carbons (Fsp3) is 0.417. The van der Waals surface area contributed by atoms with Gasteiger partial charge in [-0.3, -0.25) is 4.79 Å². The Kier molecular flexibility index (Phi) is 3.40. The summed E-state index contributed by atoms with van der Waals surface area (Å²) >= 11 is 0. The van der Waals surface area contributed by atoms with Gasteiger partial charge in [-0.2, -0.15) is 4.39 Å². The van der Waals surface area contributed by atoms with Gasteiger partial charge in [0.05, 0.1) is 18.8 Å². The normalized spacial score (nSPS) is 16.8. The Bertz CT molecular complexity index is 529. The zero-order chi connectivity index (χ0) is 14.2. The maximum Gasteiger partial charge on any atom is 0.254 e. The average Bonchev–Trinajstić information content (AvgIpc) is 2.35. The number of carbonyl (C=O) groups excluding carboxylic acids is 1. The van der Waals surface area contributed by atoms with Crippen molar-refractivity contribution >= 4 is 5.91 Å². The monoisotopic (exact) mass is 275 g/mol. The number of phenols is 1. The molecule has 1 aromatic rings. The Labute approximate surface area is 107 Å². The van der Waals surface area contributed by atoms with Crippen LogP contribution in [0, 0.1) is 22.9 Å². The van der Waals surface area contributed by atoms with Crippen molar-refractivity contribution in [1.29, 1.82) is 0 Å². The second kappa shape index (κ2) is 4.73. The number of hydrogen-bond donors (Lipinski definition) is 2. The van der Waals surface area contributed by atoms with Crippen LogP contribution >= 0.6 is 0 Å². The molecule has 1 heterocycles. The summed E-state index contributed by atoms with van der Waals surface area (Å²) in [5.41, 5.74) is -0.979. The molecule has 1 aliphatic heterocycles. The fourth-order valence-electron chi connectivity index (χ4n) is 1.70. The third-order valence-electron chi connectivity index (χ3n) is 2.95. The molecule has 104 valence electrons. The molecule has 1 saturated heterocycles. The summed E-state index contributed by atoms with van der Waals surface area (Å²) in [6.07, 6.45) is 0. The van der Waals surface area contributed by atoms with Crippen LogP contribution in [0.15, 0.2) is 6.07 Å². The lowest BCUT2D eigenvalue weighted by Crippen LogP contribution is -2.48. The molecule has 1 fully saturated rings. The topological polar surface area (TPSA) is 58.6 Å². The lowest BCUT2D eigenvalue weighted by atomic mass is 9.88. The number of phenolic OH excluding ortho intramolecular Hbond substituents is 1. The molecule has 0 spiro atoms. The molecule has 4 nitrogen and oxygen atoms in total. The van der Waals surface area contributed by atoms with Gasteiger partial charge in [-0.1, -0.05) is 6.92 Å². The van der Waals surface area contributed by atoms with Crippen LogP contribution in [0.2, 0.25) is 0 Å². The first-order chi connectivity index (χ1) is 8.84. The largest absolute Gasteiger partial charge is 0.503 e. The van der Waals surface area contributed by atoms with Gasteiger partial charge in [0.25, 0.3) is 5.91 Å². The molecule has 2 N–H and O–H groups in total. The van der Waals surface area contributed by atoms with E-state index in [9.17, 15) is 18.0 Å². The molecule has 0 bridgehead atoms. The van der Waals surface area contributed by atoms with Crippen molar-refractivity contribution in [1.82, 2.24) is 5.32 Å². The molecular weight excluding hydrogens is 263 g/mol. The summed E-state index contributed by atoms with van der Waals surface area (Å²) in [4.78, 5) is 11.7. The maximum atomic E-state index is 13.5. The van der Waals surface area contributed by atoms with Gasteiger partial charge in [-0.15, -0.1) is 0 Å². The second-order valence-electron chi connectivity index (χ2n) is 4.87. The molecule has 2 rings (SSSR count). The first-order valence-corrected chi connectivity index (χ1v) is 5.56. The number of aromatic hydroxyl groups is 1. The van der Waals surface area contributed by atoms with Crippen LogP contribution in [0.4, 0.5) is 13.2 Å². The predicted molar refractivity (Wildman–Crippen MR) is 59.2 cm³/mol. The number of benzene rings is 1. The standard InChI is InChI=1S/C12H12F3NO3/c1-12(4-19-5-12)3-16-11(18)6-2-7(13)9(15)10(17)8(6)14/h2,17H,3-5H2,1H3,(H,16,18). The Hall–Kier alpha value is -1.76. The van der Waals surface area contributed by atoms with Gasteiger partial charge < -0.3 is 15.2 Å². The van der Waals surface area contributed by atoms with Crippen LogP contribution in [0.3, 0.4) is 0 Å². The van der Waals surface area contributed by atoms with E-state index in [1.807, 2.05) is 6.92 Å². The van der Waals surface area contributed by atoms with E-state index in [0.717, 1.165) is 0 Å². The predicted octanol–water partition coefficient (Wildman–Crippen LogP) is 1.58. The minimum absolute atomic E-state index is 0.213. The number of hydrogen-bond acceptors (Lipinski definition) is 3. The third kappa shape index (κ3) is 2.51. The lowest BCUT2D eigenvalue weighted by Gasteiger charge is -2.38. The highest BCUT2D eigenvalue weighted by atomic mass is 19.2. The van der Waals surface area contributed by atoms with Crippen LogP contribution in [0.25, 0.3) is 0 Å². The average molecular weight is 275 g/mol. The van der Waals surface area contributed by atoms with Crippen molar-refractivity contribution in [2.75, 3.05) is 19.8 Å². The highest BCUT2D eigenvalue weighted by Crippen LogP contribution is 2.27. The summed E-state index contributed by atoms with van der Waals surface area (Å²) in [6.45, 7) is 2.98. The quantitative estimate of drug-likeness (QED) is 0.823. The SMILES string of the molecule is CC1(CNC(=O)c2cc(F)c(F)c(O)c2F)COC1. The Morgan fingerprint density at radius 2 is 2.05 bits per heavy atom. The van der Waals surface area contributed by atoms with Crippen molar-refractivity contribution in [3.05, 3.63) is 29.1 Å². The number of nitrogens with one attached hydrogen (secondary N) is 1. The van der Waals surface area contributed by atoms with Crippen molar-refractivity contribution < 1.29 is 27.8 Å². The minimum atomic E-state index is -1.71. The summed E-state index contributed by atoms with van der Waals surface area (Å²) in [5.74, 6) is -7.09. The first-order valence-electron chi connectivity index (χ1n) is 5.56. The van der Waals surface area contributed by atoms with Crippen LogP contribution in [-0.2, 0) is 4.74 Å². The van der Waals surface area contributed by atoms with Gasteiger partial charge in [0.2, 0.25) is 5.82 Å². The van der Waals surface area contributed by atoms with E-state index in [-0.39, 0.29) is 12.0 Å². The van der Waals surface area contributed by atoms with E-state index < -0.39 is 34.7 Å². The van der Waals surface area contributed by atoms with Crippen LogP contribution in [0.1, 0.15) is 17.3 Å². The van der Waals surface area contributed by atoms with E-state index in [4.69, 9.17) is 9.84 Å². The Morgan fingerprint density at radius 3 is 2.58 bits per heavy atom. The van der Waals surface area contributed by atoms with Crippen molar-refractivity contribution in [2.45, 2.75) is 6.92 Å². The molecule has 19 heavy (non-hydrogen) atoms. The smallest absolute Gasteiger partial charge is 0.254 e. The van der Waals surface area contributed by atoms with Gasteiger partial charge in [0.1, 0.15) is 0 Å². The molecule has 1 aliphatic rings. The van der Waals surface area contributed by atoms with Gasteiger partial charge in [-0.25, -0.2) is 8.78 Å². The Balaban J connectivity index is 2.15. The molecule has 0 aromatic heterocycles. The molecule has 0 atom stereocenters. The van der Waals surface area contributed by atoms with Gasteiger partial charge >= 0.3 is 0 Å². The maximum absolute atomic E-state index is 13.5. The molecule has 0 unspecified atom stereocenters. The highest BCUT2D eigenvalue weighted by molar-refractivity contribution is 5.95. The van der Waals surface area contributed by atoms with E-state index in [2.05, 4.69) is 5.32 Å². The van der Waals surface area contributed by atoms with E-state index in [1.165, 1.54) is 0 Å². The molecule has 0 radical (unpaired) electrons. The zero-order valence-electron chi connectivity index (χ0n) is 10.1. The first kappa shape index (κ1) is 13.7. The number of rotatable bonds is 3. The fourth-order valence-corrected chi connectivity index (χ4v) is 1.70. The minimum Gasteiger partial charge on any atom is -0.503 e. The molecule has 1 amide bonds. The summed E-state index contributed by atoms with van der Waals surface area (Å²) in [5, 5.41) is 11.4. The number of carbonyl (C=O) groups is 1.